The molecule has 1 amide bonds. The molecule has 98 valence electrons. The lowest BCUT2D eigenvalue weighted by Gasteiger charge is -2.30. The topological polar surface area (TPSA) is 55.6 Å². The van der Waals surface area contributed by atoms with Crippen molar-refractivity contribution in [3.05, 3.63) is 0 Å². The van der Waals surface area contributed by atoms with E-state index in [1.54, 1.807) is 0 Å². The van der Waals surface area contributed by atoms with E-state index in [1.165, 1.54) is 0 Å². The summed E-state index contributed by atoms with van der Waals surface area (Å²) in [6.45, 7) is 7.09. The summed E-state index contributed by atoms with van der Waals surface area (Å²) in [5, 5.41) is 0. The van der Waals surface area contributed by atoms with Gasteiger partial charge in [0.25, 0.3) is 0 Å². The Morgan fingerprint density at radius 1 is 1.35 bits per heavy atom. The lowest BCUT2D eigenvalue weighted by Crippen LogP contribution is -2.56. The molecule has 2 rings (SSSR count). The van der Waals surface area contributed by atoms with E-state index in [0.717, 1.165) is 25.3 Å². The molecule has 2 saturated heterocycles. The standard InChI is InChI=1S/C12H22N2O2S/c1-11(2)3-5-14(6-8-17-11)10(15)12(13)4-7-16-9-12/h3-9,13H2,1-2H3. The Bertz CT molecular complexity index is 301. The van der Waals surface area contributed by atoms with Crippen molar-refractivity contribution in [2.45, 2.75) is 37.0 Å². The first-order valence-electron chi connectivity index (χ1n) is 6.23. The lowest BCUT2D eigenvalue weighted by atomic mass is 9.98. The van der Waals surface area contributed by atoms with Crippen molar-refractivity contribution in [3.63, 3.8) is 0 Å². The van der Waals surface area contributed by atoms with Crippen LogP contribution in [0.3, 0.4) is 0 Å². The second-order valence-corrected chi connectivity index (χ2v) is 7.41. The first kappa shape index (κ1) is 13.2. The van der Waals surface area contributed by atoms with Gasteiger partial charge in [-0.3, -0.25) is 4.79 Å². The Labute approximate surface area is 107 Å². The van der Waals surface area contributed by atoms with Crippen molar-refractivity contribution in [1.82, 2.24) is 4.90 Å². The summed E-state index contributed by atoms with van der Waals surface area (Å²) in [7, 11) is 0. The number of nitrogens with two attached hydrogens (primary N) is 1. The summed E-state index contributed by atoms with van der Waals surface area (Å²) in [4.78, 5) is 14.3. The number of amides is 1. The van der Waals surface area contributed by atoms with Crippen LogP contribution >= 0.6 is 11.8 Å². The van der Waals surface area contributed by atoms with Gasteiger partial charge in [-0.15, -0.1) is 0 Å². The molecular weight excluding hydrogens is 236 g/mol. The molecule has 2 aliphatic rings. The van der Waals surface area contributed by atoms with Crippen molar-refractivity contribution in [3.8, 4) is 0 Å². The molecule has 0 aliphatic carbocycles. The molecule has 0 saturated carbocycles. The van der Waals surface area contributed by atoms with Crippen molar-refractivity contribution in [2.75, 3.05) is 32.1 Å². The molecule has 2 aliphatic heterocycles. The maximum atomic E-state index is 12.4. The van der Waals surface area contributed by atoms with E-state index in [1.807, 2.05) is 16.7 Å². The van der Waals surface area contributed by atoms with Crippen LogP contribution in [-0.4, -0.2) is 53.1 Å². The van der Waals surface area contributed by atoms with Crippen molar-refractivity contribution < 1.29 is 9.53 Å². The summed E-state index contributed by atoms with van der Waals surface area (Å²) in [6, 6.07) is 0. The van der Waals surface area contributed by atoms with E-state index in [2.05, 4.69) is 13.8 Å². The van der Waals surface area contributed by atoms with Gasteiger partial charge in [-0.2, -0.15) is 11.8 Å². The molecule has 2 heterocycles. The third-order valence-corrected chi connectivity index (χ3v) is 4.98. The second-order valence-electron chi connectivity index (χ2n) is 5.61. The number of hydrogen-bond donors (Lipinski definition) is 1. The second kappa shape index (κ2) is 4.78. The predicted molar refractivity (Wildman–Crippen MR) is 70.1 cm³/mol. The fraction of sp³-hybridized carbons (Fsp3) is 0.917. The number of carbonyl (C=O) groups is 1. The molecule has 0 radical (unpaired) electrons. The smallest absolute Gasteiger partial charge is 0.245 e. The number of carbonyl (C=O) groups excluding carboxylic acids is 1. The largest absolute Gasteiger partial charge is 0.379 e. The molecule has 0 bridgehead atoms. The van der Waals surface area contributed by atoms with Crippen LogP contribution in [0.15, 0.2) is 0 Å². The third kappa shape index (κ3) is 2.95. The molecule has 5 heteroatoms. The number of rotatable bonds is 1. The molecule has 0 aromatic heterocycles. The van der Waals surface area contributed by atoms with Gasteiger partial charge in [0.1, 0.15) is 5.54 Å². The molecule has 0 aromatic rings. The normalized spacial score (nSPS) is 33.5. The van der Waals surface area contributed by atoms with Gasteiger partial charge in [0.05, 0.1) is 6.61 Å². The van der Waals surface area contributed by atoms with Gasteiger partial charge in [0.15, 0.2) is 0 Å². The third-order valence-electron chi connectivity index (χ3n) is 3.60. The Kier molecular flexibility index (Phi) is 3.71. The van der Waals surface area contributed by atoms with Crippen LogP contribution in [0.2, 0.25) is 0 Å². The van der Waals surface area contributed by atoms with Gasteiger partial charge in [0, 0.05) is 30.2 Å². The highest BCUT2D eigenvalue weighted by Gasteiger charge is 2.41. The van der Waals surface area contributed by atoms with Crippen molar-refractivity contribution in [2.24, 2.45) is 5.73 Å². The summed E-state index contributed by atoms with van der Waals surface area (Å²) < 4.78 is 5.53. The van der Waals surface area contributed by atoms with E-state index in [-0.39, 0.29) is 10.7 Å². The minimum atomic E-state index is -0.765. The molecule has 1 atom stereocenters. The Morgan fingerprint density at radius 3 is 2.76 bits per heavy atom. The van der Waals surface area contributed by atoms with Gasteiger partial charge in [-0.05, 0) is 12.8 Å². The highest BCUT2D eigenvalue weighted by molar-refractivity contribution is 8.00. The van der Waals surface area contributed by atoms with Crippen molar-refractivity contribution >= 4 is 17.7 Å². The highest BCUT2D eigenvalue weighted by Crippen LogP contribution is 2.31. The number of nitrogens with zero attached hydrogens (tertiary/aromatic N) is 1. The summed E-state index contributed by atoms with van der Waals surface area (Å²) in [5.41, 5.74) is 5.36. The number of ether oxygens (including phenoxy) is 1. The van der Waals surface area contributed by atoms with Gasteiger partial charge in [-0.25, -0.2) is 0 Å². The van der Waals surface area contributed by atoms with Crippen molar-refractivity contribution in [1.29, 1.82) is 0 Å². The van der Waals surface area contributed by atoms with E-state index < -0.39 is 5.54 Å². The molecule has 17 heavy (non-hydrogen) atoms. The van der Waals surface area contributed by atoms with Crippen LogP contribution in [0.25, 0.3) is 0 Å². The van der Waals surface area contributed by atoms with E-state index in [0.29, 0.717) is 19.6 Å². The SMILES string of the molecule is CC1(C)CCN(C(=O)C2(N)CCOC2)CCS1. The van der Waals surface area contributed by atoms with Crippen LogP contribution < -0.4 is 5.73 Å². The number of thioether (sulfide) groups is 1. The molecule has 0 aromatic carbocycles. The molecule has 4 nitrogen and oxygen atoms in total. The van der Waals surface area contributed by atoms with Crippen LogP contribution in [0.5, 0.6) is 0 Å². The Balaban J connectivity index is 2.00. The highest BCUT2D eigenvalue weighted by atomic mass is 32.2. The fourth-order valence-electron chi connectivity index (χ4n) is 2.29. The minimum absolute atomic E-state index is 0.0771. The van der Waals surface area contributed by atoms with Crippen LogP contribution in [0.1, 0.15) is 26.7 Å². The zero-order valence-corrected chi connectivity index (χ0v) is 11.5. The monoisotopic (exact) mass is 258 g/mol. The first-order valence-corrected chi connectivity index (χ1v) is 7.22. The zero-order chi connectivity index (χ0) is 12.5. The fourth-order valence-corrected chi connectivity index (χ4v) is 3.39. The van der Waals surface area contributed by atoms with Gasteiger partial charge in [0.2, 0.25) is 5.91 Å². The zero-order valence-electron chi connectivity index (χ0n) is 10.7. The molecule has 2 N–H and O–H groups in total. The quantitative estimate of drug-likeness (QED) is 0.757. The maximum absolute atomic E-state index is 12.4. The molecule has 2 fully saturated rings. The van der Waals surface area contributed by atoms with E-state index >= 15 is 0 Å². The Hall–Kier alpha value is -0.260. The van der Waals surface area contributed by atoms with Crippen LogP contribution in [-0.2, 0) is 9.53 Å². The van der Waals surface area contributed by atoms with Crippen LogP contribution in [0, 0.1) is 0 Å². The lowest BCUT2D eigenvalue weighted by molar-refractivity contribution is -0.136. The maximum Gasteiger partial charge on any atom is 0.245 e. The molecule has 0 spiro atoms. The van der Waals surface area contributed by atoms with Gasteiger partial charge >= 0.3 is 0 Å². The summed E-state index contributed by atoms with van der Waals surface area (Å²) >= 11 is 1.94. The minimum Gasteiger partial charge on any atom is -0.379 e. The molecule has 1 unspecified atom stereocenters. The predicted octanol–water partition coefficient (Wildman–Crippen LogP) is 0.848. The average Bonchev–Trinajstić information content (AvgIpc) is 2.62. The molecular formula is C12H22N2O2S. The number of hydrogen-bond acceptors (Lipinski definition) is 4. The van der Waals surface area contributed by atoms with E-state index in [9.17, 15) is 4.79 Å². The summed E-state index contributed by atoms with van der Waals surface area (Å²) in [5.74, 6) is 1.07. The summed E-state index contributed by atoms with van der Waals surface area (Å²) in [6.07, 6.45) is 1.68. The average molecular weight is 258 g/mol. The van der Waals surface area contributed by atoms with Crippen LogP contribution in [0.4, 0.5) is 0 Å². The Morgan fingerprint density at radius 2 is 2.12 bits per heavy atom. The first-order chi connectivity index (χ1) is 7.93. The van der Waals surface area contributed by atoms with E-state index in [4.69, 9.17) is 10.5 Å². The van der Waals surface area contributed by atoms with Gasteiger partial charge in [-0.1, -0.05) is 13.8 Å². The van der Waals surface area contributed by atoms with Gasteiger partial charge < -0.3 is 15.4 Å².